The SMILES string of the molecule is COC1CCC(C(=O)Nc2cc3cc(C4CCN(C5(C)COCC5CC(C)(C)[Si](O)(c5ccccc5)c5ccccc5)CC4)c(Cl)cc3cn2)CC1. The Morgan fingerprint density at radius 3 is 2.23 bits per heavy atom. The summed E-state index contributed by atoms with van der Waals surface area (Å²) >= 11 is 6.96. The fraction of sp³-hybridized carbons (Fsp3) is 0.488. The number of nitrogens with zero attached hydrogens (tertiary/aromatic N) is 2. The second-order valence-electron chi connectivity index (χ2n) is 16.4. The molecule has 52 heavy (non-hydrogen) atoms. The van der Waals surface area contributed by atoms with Crippen LogP contribution in [0.4, 0.5) is 5.82 Å². The van der Waals surface area contributed by atoms with Crippen LogP contribution in [0.15, 0.2) is 85.1 Å². The van der Waals surface area contributed by atoms with Crippen LogP contribution in [0.2, 0.25) is 10.1 Å². The molecule has 2 N–H and O–H groups in total. The summed E-state index contributed by atoms with van der Waals surface area (Å²) in [5.74, 6) is 1.25. The van der Waals surface area contributed by atoms with E-state index in [2.05, 4.69) is 66.3 Å². The van der Waals surface area contributed by atoms with E-state index in [0.717, 1.165) is 84.2 Å². The van der Waals surface area contributed by atoms with Gasteiger partial charge in [-0.2, -0.15) is 0 Å². The molecule has 2 atom stereocenters. The number of ether oxygens (including phenoxy) is 2. The van der Waals surface area contributed by atoms with Crippen molar-refractivity contribution >= 4 is 52.8 Å². The zero-order chi connectivity index (χ0) is 36.5. The largest absolute Gasteiger partial charge is 0.424 e. The van der Waals surface area contributed by atoms with Crippen molar-refractivity contribution in [3.63, 3.8) is 0 Å². The van der Waals surface area contributed by atoms with E-state index in [4.69, 9.17) is 21.1 Å². The molecule has 7 rings (SSSR count). The van der Waals surface area contributed by atoms with Gasteiger partial charge in [-0.1, -0.05) is 86.1 Å². The lowest BCUT2D eigenvalue weighted by molar-refractivity contribution is -0.121. The number of carbonyl (C=O) groups excluding carboxylic acids is 1. The third kappa shape index (κ3) is 7.23. The average Bonchev–Trinajstić information content (AvgIpc) is 3.54. The predicted molar refractivity (Wildman–Crippen MR) is 213 cm³/mol. The van der Waals surface area contributed by atoms with E-state index in [0.29, 0.717) is 24.9 Å². The highest BCUT2D eigenvalue weighted by atomic mass is 35.5. The number of benzene rings is 3. The van der Waals surface area contributed by atoms with Crippen LogP contribution in [0.1, 0.15) is 77.2 Å². The Morgan fingerprint density at radius 1 is 0.981 bits per heavy atom. The average molecular weight is 740 g/mol. The molecule has 0 bridgehead atoms. The molecule has 3 aromatic carbocycles. The van der Waals surface area contributed by atoms with Crippen molar-refractivity contribution < 1.29 is 19.1 Å². The Kier molecular flexibility index (Phi) is 11.0. The Balaban J connectivity index is 1.04. The minimum Gasteiger partial charge on any atom is -0.424 e. The Bertz CT molecular complexity index is 1800. The summed E-state index contributed by atoms with van der Waals surface area (Å²) in [5, 5.41) is 7.64. The molecule has 4 aromatic rings. The van der Waals surface area contributed by atoms with Gasteiger partial charge in [0.2, 0.25) is 5.91 Å². The summed E-state index contributed by atoms with van der Waals surface area (Å²) in [6.07, 6.45) is 8.45. The van der Waals surface area contributed by atoms with Crippen LogP contribution in [-0.4, -0.2) is 74.0 Å². The first-order valence-electron chi connectivity index (χ1n) is 19.1. The fourth-order valence-electron chi connectivity index (χ4n) is 9.46. The lowest BCUT2D eigenvalue weighted by Crippen LogP contribution is -2.66. The molecule has 3 fully saturated rings. The lowest BCUT2D eigenvalue weighted by Gasteiger charge is -2.49. The molecule has 1 aliphatic carbocycles. The first-order valence-corrected chi connectivity index (χ1v) is 21.4. The summed E-state index contributed by atoms with van der Waals surface area (Å²) in [4.78, 5) is 33.1. The third-order valence-corrected chi connectivity index (χ3v) is 17.7. The van der Waals surface area contributed by atoms with E-state index < -0.39 is 8.32 Å². The summed E-state index contributed by atoms with van der Waals surface area (Å²) < 4.78 is 11.8. The number of carbonyl (C=O) groups is 1. The molecule has 2 unspecified atom stereocenters. The highest BCUT2D eigenvalue weighted by Gasteiger charge is 2.55. The minimum absolute atomic E-state index is 0.00589. The number of likely N-dealkylation sites (tertiary alicyclic amines) is 1. The van der Waals surface area contributed by atoms with Gasteiger partial charge < -0.3 is 19.6 Å². The van der Waals surface area contributed by atoms with Gasteiger partial charge in [0.1, 0.15) is 5.82 Å². The Morgan fingerprint density at radius 2 is 1.62 bits per heavy atom. The third-order valence-electron chi connectivity index (χ3n) is 12.8. The van der Waals surface area contributed by atoms with Crippen molar-refractivity contribution in [3.8, 4) is 0 Å². The topological polar surface area (TPSA) is 83.9 Å². The Hall–Kier alpha value is -3.11. The van der Waals surface area contributed by atoms with E-state index in [1.54, 1.807) is 7.11 Å². The highest BCUT2D eigenvalue weighted by Crippen LogP contribution is 2.48. The summed E-state index contributed by atoms with van der Waals surface area (Å²) in [5.41, 5.74) is 1.04. The lowest BCUT2D eigenvalue weighted by atomic mass is 9.79. The molecule has 276 valence electrons. The number of hydrogen-bond donors (Lipinski definition) is 2. The van der Waals surface area contributed by atoms with Crippen molar-refractivity contribution in [1.29, 1.82) is 0 Å². The summed E-state index contributed by atoms with van der Waals surface area (Å²) in [7, 11) is -1.39. The molecule has 3 heterocycles. The molecule has 2 saturated heterocycles. The standard InChI is InChI=1S/C43H54ClN3O4Si/c1-42(2,52(49,36-11-7-5-8-12-36)37-13-9-6-10-14-37)26-34-28-51-29-43(34,3)47-21-19-30(20-22-47)38-23-32-25-40(45-27-33(32)24-39(38)44)46-41(48)31-15-17-35(50-4)18-16-31/h5-14,23-25,27,30-31,34-35,49H,15-22,26,28-29H2,1-4H3,(H,45,46,48). The monoisotopic (exact) mass is 739 g/mol. The van der Waals surface area contributed by atoms with Gasteiger partial charge in [-0.05, 0) is 115 Å². The number of piperidine rings is 1. The van der Waals surface area contributed by atoms with Crippen LogP contribution >= 0.6 is 11.6 Å². The quantitative estimate of drug-likeness (QED) is 0.164. The maximum absolute atomic E-state index is 13.1. The maximum Gasteiger partial charge on any atom is 0.258 e. The van der Waals surface area contributed by atoms with Gasteiger partial charge >= 0.3 is 0 Å². The second kappa shape index (κ2) is 15.3. The van der Waals surface area contributed by atoms with Crippen molar-refractivity contribution in [2.24, 2.45) is 11.8 Å². The van der Waals surface area contributed by atoms with Crippen molar-refractivity contribution in [2.75, 3.05) is 38.7 Å². The van der Waals surface area contributed by atoms with E-state index >= 15 is 0 Å². The van der Waals surface area contributed by atoms with Gasteiger partial charge in [0.15, 0.2) is 0 Å². The molecule has 1 amide bonds. The van der Waals surface area contributed by atoms with E-state index in [-0.39, 0.29) is 34.4 Å². The molecule has 1 aromatic heterocycles. The van der Waals surface area contributed by atoms with Crippen LogP contribution in [0.3, 0.4) is 0 Å². The number of hydrogen-bond acceptors (Lipinski definition) is 6. The molecular formula is C43H54ClN3O4Si. The van der Waals surface area contributed by atoms with Crippen molar-refractivity contribution in [2.45, 2.75) is 88.3 Å². The summed E-state index contributed by atoms with van der Waals surface area (Å²) in [6.45, 7) is 10.2. The molecule has 9 heteroatoms. The number of amides is 1. The number of aromatic nitrogens is 1. The smallest absolute Gasteiger partial charge is 0.258 e. The molecule has 2 aliphatic heterocycles. The molecule has 3 aliphatic rings. The van der Waals surface area contributed by atoms with Gasteiger partial charge in [0.25, 0.3) is 8.32 Å². The van der Waals surface area contributed by atoms with Crippen LogP contribution in [0.25, 0.3) is 10.8 Å². The van der Waals surface area contributed by atoms with Crippen molar-refractivity contribution in [1.82, 2.24) is 9.88 Å². The first kappa shape index (κ1) is 37.2. The number of nitrogens with one attached hydrogen (secondary N) is 1. The highest BCUT2D eigenvalue weighted by molar-refractivity contribution is 6.98. The van der Waals surface area contributed by atoms with Crippen LogP contribution in [-0.2, 0) is 14.3 Å². The van der Waals surface area contributed by atoms with Crippen molar-refractivity contribution in [3.05, 3.63) is 95.6 Å². The van der Waals surface area contributed by atoms with Gasteiger partial charge in [0.05, 0.1) is 19.3 Å². The number of rotatable bonds is 10. The van der Waals surface area contributed by atoms with Crippen LogP contribution in [0.5, 0.6) is 0 Å². The molecule has 0 radical (unpaired) electrons. The molecular weight excluding hydrogens is 686 g/mol. The van der Waals surface area contributed by atoms with E-state index in [1.807, 2.05) is 54.7 Å². The van der Waals surface area contributed by atoms with E-state index in [1.165, 1.54) is 5.56 Å². The maximum atomic E-state index is 13.1. The van der Waals surface area contributed by atoms with Gasteiger partial charge in [-0.25, -0.2) is 4.98 Å². The molecule has 0 spiro atoms. The minimum atomic E-state index is -3.14. The normalized spacial score (nSPS) is 25.0. The Labute approximate surface area is 315 Å². The molecule has 1 saturated carbocycles. The van der Waals surface area contributed by atoms with Gasteiger partial charge in [-0.15, -0.1) is 0 Å². The summed E-state index contributed by atoms with van der Waals surface area (Å²) in [6, 6.07) is 26.9. The number of halogens is 1. The van der Waals surface area contributed by atoms with E-state index in [9.17, 15) is 9.59 Å². The zero-order valence-electron chi connectivity index (χ0n) is 31.1. The second-order valence-corrected chi connectivity index (χ2v) is 20.7. The zero-order valence-corrected chi connectivity index (χ0v) is 32.9. The predicted octanol–water partition coefficient (Wildman–Crippen LogP) is 7.54. The van der Waals surface area contributed by atoms with Gasteiger partial charge in [-0.3, -0.25) is 9.69 Å². The fourth-order valence-corrected chi connectivity index (χ4v) is 13.6. The number of methoxy groups -OCH3 is 1. The first-order chi connectivity index (χ1) is 25.0. The van der Waals surface area contributed by atoms with Gasteiger partial charge in [0, 0.05) is 41.1 Å². The molecule has 7 nitrogen and oxygen atoms in total. The number of fused-ring (bicyclic) bond motifs is 1. The number of pyridine rings is 1. The van der Waals surface area contributed by atoms with Crippen LogP contribution < -0.4 is 15.7 Å². The number of anilines is 1. The van der Waals surface area contributed by atoms with Crippen LogP contribution in [0, 0.1) is 11.8 Å².